The molecule has 0 aromatic carbocycles. The number of rotatable bonds is 6. The van der Waals surface area contributed by atoms with E-state index in [2.05, 4.69) is 5.32 Å². The molecule has 0 bridgehead atoms. The lowest BCUT2D eigenvalue weighted by molar-refractivity contribution is -0.140. The van der Waals surface area contributed by atoms with E-state index in [-0.39, 0.29) is 42.6 Å². The number of ether oxygens (including phenoxy) is 2. The number of ketones is 1. The second-order valence-corrected chi connectivity index (χ2v) is 8.10. The van der Waals surface area contributed by atoms with Gasteiger partial charge in [0.05, 0.1) is 19.3 Å². The Morgan fingerprint density at radius 3 is 2.52 bits per heavy atom. The van der Waals surface area contributed by atoms with Crippen LogP contribution in [0.3, 0.4) is 0 Å². The van der Waals surface area contributed by atoms with Crippen molar-refractivity contribution in [3.63, 3.8) is 0 Å². The van der Waals surface area contributed by atoms with E-state index in [0.717, 1.165) is 19.3 Å². The van der Waals surface area contributed by atoms with Crippen LogP contribution in [0, 0.1) is 11.8 Å². The highest BCUT2D eigenvalue weighted by atomic mass is 16.5. The Hall–Kier alpha value is -1.47. The van der Waals surface area contributed by atoms with Gasteiger partial charge in [0.2, 0.25) is 11.8 Å². The molecular weight excluding hydrogens is 348 g/mol. The van der Waals surface area contributed by atoms with E-state index in [1.807, 2.05) is 0 Å². The first-order chi connectivity index (χ1) is 13.0. The Morgan fingerprint density at radius 2 is 1.89 bits per heavy atom. The quantitative estimate of drug-likeness (QED) is 0.751. The van der Waals surface area contributed by atoms with Crippen LogP contribution >= 0.6 is 0 Å². The van der Waals surface area contributed by atoms with Crippen LogP contribution < -0.4 is 5.32 Å². The summed E-state index contributed by atoms with van der Waals surface area (Å²) in [5.41, 5.74) is 0. The summed E-state index contributed by atoms with van der Waals surface area (Å²) in [5.74, 6) is -0.162. The molecule has 1 aliphatic carbocycles. The van der Waals surface area contributed by atoms with Crippen molar-refractivity contribution in [3.05, 3.63) is 0 Å². The number of nitrogens with one attached hydrogen (secondary N) is 1. The van der Waals surface area contributed by atoms with Gasteiger partial charge in [-0.25, -0.2) is 0 Å². The molecule has 0 spiro atoms. The molecule has 0 aromatic heterocycles. The minimum absolute atomic E-state index is 0.0105. The fraction of sp³-hybridized carbons (Fsp3) is 0.850. The molecule has 0 aromatic rings. The van der Waals surface area contributed by atoms with Gasteiger partial charge in [0.25, 0.3) is 0 Å². The van der Waals surface area contributed by atoms with Gasteiger partial charge in [0.1, 0.15) is 12.6 Å². The summed E-state index contributed by atoms with van der Waals surface area (Å²) in [6, 6.07) is -0.593. The molecule has 2 saturated heterocycles. The molecule has 1 saturated carbocycles. The Labute approximate surface area is 161 Å². The zero-order chi connectivity index (χ0) is 19.2. The average molecular weight is 380 g/mol. The van der Waals surface area contributed by atoms with E-state index in [4.69, 9.17) is 9.47 Å². The molecule has 0 radical (unpaired) electrons. The number of carbonyl (C=O) groups is 3. The van der Waals surface area contributed by atoms with Gasteiger partial charge in [-0.2, -0.15) is 0 Å². The molecule has 1 N–H and O–H groups in total. The van der Waals surface area contributed by atoms with Gasteiger partial charge in [-0.3, -0.25) is 14.4 Å². The Bertz CT molecular complexity index is 540. The summed E-state index contributed by atoms with van der Waals surface area (Å²) in [7, 11) is 0. The summed E-state index contributed by atoms with van der Waals surface area (Å²) < 4.78 is 10.6. The fourth-order valence-corrected chi connectivity index (χ4v) is 4.39. The molecule has 3 aliphatic rings. The first-order valence-corrected chi connectivity index (χ1v) is 10.3. The number of Topliss-reactive ketones (excluding diaryl/α,β-unsaturated/α-hetero) is 1. The standard InChI is InChI=1S/C20H32N2O5/c1-14-19(17(23)13-27-14)21-20(25)16(11-15-5-3-2-4-6-15)12-18(24)22-7-9-26-10-8-22/h14-16,19H,2-13H2,1H3,(H,21,25)/t14?,16-,19-/m1/s1. The molecule has 2 aliphatic heterocycles. The van der Waals surface area contributed by atoms with Gasteiger partial charge in [-0.05, 0) is 19.3 Å². The van der Waals surface area contributed by atoms with E-state index in [0.29, 0.717) is 32.2 Å². The van der Waals surface area contributed by atoms with Crippen molar-refractivity contribution in [1.82, 2.24) is 10.2 Å². The highest BCUT2D eigenvalue weighted by molar-refractivity contribution is 5.93. The summed E-state index contributed by atoms with van der Waals surface area (Å²) in [6.45, 7) is 4.12. The van der Waals surface area contributed by atoms with Crippen LogP contribution in [-0.4, -0.2) is 67.6 Å². The smallest absolute Gasteiger partial charge is 0.224 e. The topological polar surface area (TPSA) is 84.9 Å². The van der Waals surface area contributed by atoms with Crippen LogP contribution in [0.2, 0.25) is 0 Å². The number of hydrogen-bond donors (Lipinski definition) is 1. The highest BCUT2D eigenvalue weighted by Gasteiger charge is 2.36. The van der Waals surface area contributed by atoms with Crippen LogP contribution in [0.5, 0.6) is 0 Å². The van der Waals surface area contributed by atoms with Crippen LogP contribution in [0.15, 0.2) is 0 Å². The largest absolute Gasteiger partial charge is 0.378 e. The molecule has 7 heteroatoms. The van der Waals surface area contributed by atoms with Gasteiger partial charge in [0, 0.05) is 25.4 Å². The third kappa shape index (κ3) is 5.51. The lowest BCUT2D eigenvalue weighted by Crippen LogP contribution is -2.48. The lowest BCUT2D eigenvalue weighted by Gasteiger charge is -2.30. The molecule has 152 valence electrons. The van der Waals surface area contributed by atoms with Crippen molar-refractivity contribution in [2.45, 2.75) is 64.0 Å². The van der Waals surface area contributed by atoms with E-state index < -0.39 is 6.04 Å². The van der Waals surface area contributed by atoms with Crippen molar-refractivity contribution < 1.29 is 23.9 Å². The number of nitrogens with zero attached hydrogens (tertiary/aromatic N) is 1. The second-order valence-electron chi connectivity index (χ2n) is 8.10. The molecule has 7 nitrogen and oxygen atoms in total. The highest BCUT2D eigenvalue weighted by Crippen LogP contribution is 2.31. The summed E-state index contributed by atoms with van der Waals surface area (Å²) in [4.78, 5) is 39.4. The zero-order valence-electron chi connectivity index (χ0n) is 16.3. The van der Waals surface area contributed by atoms with Crippen molar-refractivity contribution >= 4 is 17.6 Å². The van der Waals surface area contributed by atoms with Gasteiger partial charge < -0.3 is 19.7 Å². The maximum atomic E-state index is 13.0. The van der Waals surface area contributed by atoms with E-state index in [1.165, 1.54) is 19.3 Å². The van der Waals surface area contributed by atoms with Crippen molar-refractivity contribution in [3.8, 4) is 0 Å². The minimum Gasteiger partial charge on any atom is -0.378 e. The molecular formula is C20H32N2O5. The van der Waals surface area contributed by atoms with Crippen LogP contribution in [0.1, 0.15) is 51.9 Å². The number of hydrogen-bond acceptors (Lipinski definition) is 5. The van der Waals surface area contributed by atoms with Crippen molar-refractivity contribution in [2.75, 3.05) is 32.9 Å². The summed E-state index contributed by atoms with van der Waals surface area (Å²) in [5, 5.41) is 2.87. The van der Waals surface area contributed by atoms with Crippen molar-refractivity contribution in [1.29, 1.82) is 0 Å². The minimum atomic E-state index is -0.593. The number of amides is 2. The molecule has 3 rings (SSSR count). The third-order valence-electron chi connectivity index (χ3n) is 6.10. The van der Waals surface area contributed by atoms with Gasteiger partial charge in [-0.15, -0.1) is 0 Å². The summed E-state index contributed by atoms with van der Waals surface area (Å²) in [6.07, 6.45) is 6.51. The predicted octanol–water partition coefficient (Wildman–Crippen LogP) is 1.29. The second kappa shape index (κ2) is 9.64. The molecule has 2 amide bonds. The molecule has 1 unspecified atom stereocenters. The maximum absolute atomic E-state index is 13.0. The lowest BCUT2D eigenvalue weighted by atomic mass is 9.81. The SMILES string of the molecule is CC1OCC(=O)[C@@H]1NC(=O)[C@@H](CC(=O)N1CCOCC1)CC1CCCCC1. The monoisotopic (exact) mass is 380 g/mol. The molecule has 27 heavy (non-hydrogen) atoms. The van der Waals surface area contributed by atoms with Crippen LogP contribution in [0.25, 0.3) is 0 Å². The molecule has 2 heterocycles. The maximum Gasteiger partial charge on any atom is 0.224 e. The van der Waals surface area contributed by atoms with E-state index in [9.17, 15) is 14.4 Å². The summed E-state index contributed by atoms with van der Waals surface area (Å²) >= 11 is 0. The van der Waals surface area contributed by atoms with Gasteiger partial charge >= 0.3 is 0 Å². The molecule has 3 fully saturated rings. The average Bonchev–Trinajstić information content (AvgIpc) is 3.01. The van der Waals surface area contributed by atoms with E-state index >= 15 is 0 Å². The van der Waals surface area contributed by atoms with Crippen LogP contribution in [-0.2, 0) is 23.9 Å². The number of carbonyl (C=O) groups excluding carboxylic acids is 3. The first kappa shape index (κ1) is 20.3. The van der Waals surface area contributed by atoms with Gasteiger partial charge in [0.15, 0.2) is 5.78 Å². The Morgan fingerprint density at radius 1 is 1.19 bits per heavy atom. The Kier molecular flexibility index (Phi) is 7.24. The normalized spacial score (nSPS) is 28.2. The fourth-order valence-electron chi connectivity index (χ4n) is 4.39. The van der Waals surface area contributed by atoms with Gasteiger partial charge in [-0.1, -0.05) is 32.1 Å². The van der Waals surface area contributed by atoms with Crippen LogP contribution in [0.4, 0.5) is 0 Å². The van der Waals surface area contributed by atoms with Crippen molar-refractivity contribution in [2.24, 2.45) is 11.8 Å². The number of morpholine rings is 1. The first-order valence-electron chi connectivity index (χ1n) is 10.3. The third-order valence-corrected chi connectivity index (χ3v) is 6.10. The van der Waals surface area contributed by atoms with E-state index in [1.54, 1.807) is 11.8 Å². The Balaban J connectivity index is 1.63. The molecule has 3 atom stereocenters. The predicted molar refractivity (Wildman–Crippen MR) is 99.0 cm³/mol. The zero-order valence-corrected chi connectivity index (χ0v) is 16.3.